The van der Waals surface area contributed by atoms with Crippen LogP contribution < -0.4 is 0 Å². The molecule has 0 aromatic rings. The van der Waals surface area contributed by atoms with Gasteiger partial charge in [-0.05, 0) is 25.7 Å². The van der Waals surface area contributed by atoms with E-state index in [4.69, 9.17) is 5.11 Å². The summed E-state index contributed by atoms with van der Waals surface area (Å²) in [5, 5.41) is 19.2. The summed E-state index contributed by atoms with van der Waals surface area (Å²) < 4.78 is 0.934. The highest BCUT2D eigenvalue weighted by Crippen LogP contribution is 2.16. The Labute approximate surface area is 232 Å². The van der Waals surface area contributed by atoms with Crippen molar-refractivity contribution in [1.82, 2.24) is 0 Å². The highest BCUT2D eigenvalue weighted by Gasteiger charge is 2.19. The molecule has 0 aromatic heterocycles. The lowest BCUT2D eigenvalue weighted by Crippen LogP contribution is -2.45. The first-order valence-electron chi connectivity index (χ1n) is 16.6. The molecular weight excluding hydrogens is 458 g/mol. The second-order valence-electron chi connectivity index (χ2n) is 12.6. The third-order valence-electron chi connectivity index (χ3n) is 8.00. The Hall–Kier alpha value is -0.610. The first-order valence-corrected chi connectivity index (χ1v) is 16.6. The van der Waals surface area contributed by atoms with Crippen LogP contribution in [0.1, 0.15) is 174 Å². The van der Waals surface area contributed by atoms with E-state index in [1.54, 1.807) is 0 Å². The van der Waals surface area contributed by atoms with Gasteiger partial charge in [0.15, 0.2) is 0 Å². The van der Waals surface area contributed by atoms with Crippen LogP contribution in [-0.4, -0.2) is 54.0 Å². The minimum absolute atomic E-state index is 0.155. The number of unbranched alkanes of at least 4 members (excludes halogenated alkanes) is 22. The molecule has 0 aliphatic carbocycles. The van der Waals surface area contributed by atoms with Crippen LogP contribution in [0, 0.1) is 0 Å². The molecule has 0 amide bonds. The number of carbonyl (C=O) groups is 1. The molecule has 0 radical (unpaired) electrons. The minimum Gasteiger partial charge on any atom is -0.481 e. The fraction of sp³-hybridized carbons (Fsp3) is 0.970. The van der Waals surface area contributed by atoms with Crippen molar-refractivity contribution in [2.45, 2.75) is 180 Å². The number of carboxylic acids is 1. The summed E-state index contributed by atoms with van der Waals surface area (Å²) >= 11 is 0. The van der Waals surface area contributed by atoms with Crippen molar-refractivity contribution in [2.24, 2.45) is 0 Å². The second-order valence-corrected chi connectivity index (χ2v) is 12.6. The molecule has 222 valence electrons. The SMILES string of the molecule is CCCCCCCCCCCCCCCCCC(O)C[N+](C)(C)CCCCCCCCCCCC(=O)O. The van der Waals surface area contributed by atoms with Gasteiger partial charge in [-0.25, -0.2) is 0 Å². The summed E-state index contributed by atoms with van der Waals surface area (Å²) in [7, 11) is 4.54. The van der Waals surface area contributed by atoms with Gasteiger partial charge in [0.25, 0.3) is 0 Å². The van der Waals surface area contributed by atoms with Crippen molar-refractivity contribution in [3.8, 4) is 0 Å². The Morgan fingerprint density at radius 3 is 1.32 bits per heavy atom. The number of hydrogen-bond donors (Lipinski definition) is 2. The smallest absolute Gasteiger partial charge is 0.303 e. The number of hydrogen-bond acceptors (Lipinski definition) is 2. The molecule has 1 atom stereocenters. The summed E-state index contributed by atoms with van der Waals surface area (Å²) in [4.78, 5) is 10.5. The van der Waals surface area contributed by atoms with Gasteiger partial charge in [0, 0.05) is 6.42 Å². The zero-order chi connectivity index (χ0) is 27.5. The minimum atomic E-state index is -0.668. The van der Waals surface area contributed by atoms with Crippen LogP contribution in [0.25, 0.3) is 0 Å². The predicted octanol–water partition coefficient (Wildman–Crippen LogP) is 9.67. The third-order valence-corrected chi connectivity index (χ3v) is 8.00. The normalized spacial score (nSPS) is 12.8. The molecule has 0 saturated heterocycles. The topological polar surface area (TPSA) is 57.5 Å². The van der Waals surface area contributed by atoms with E-state index in [1.807, 2.05) is 0 Å². The molecule has 1 unspecified atom stereocenters. The van der Waals surface area contributed by atoms with Crippen LogP contribution >= 0.6 is 0 Å². The van der Waals surface area contributed by atoms with Crippen molar-refractivity contribution < 1.29 is 19.5 Å². The second kappa shape index (κ2) is 27.0. The van der Waals surface area contributed by atoms with E-state index < -0.39 is 5.97 Å². The van der Waals surface area contributed by atoms with E-state index in [0.29, 0.717) is 6.42 Å². The van der Waals surface area contributed by atoms with Crippen molar-refractivity contribution in [3.05, 3.63) is 0 Å². The quantitative estimate of drug-likeness (QED) is 0.0723. The molecule has 0 heterocycles. The van der Waals surface area contributed by atoms with Gasteiger partial charge in [0.2, 0.25) is 0 Å². The Bertz CT molecular complexity index is 480. The van der Waals surface area contributed by atoms with Gasteiger partial charge < -0.3 is 14.7 Å². The number of nitrogens with zero attached hydrogens (tertiary/aromatic N) is 1. The van der Waals surface area contributed by atoms with Gasteiger partial charge in [-0.3, -0.25) is 4.79 Å². The van der Waals surface area contributed by atoms with Crippen LogP contribution in [0.5, 0.6) is 0 Å². The first-order chi connectivity index (χ1) is 17.9. The Balaban J connectivity index is 3.43. The number of quaternary nitrogens is 1. The van der Waals surface area contributed by atoms with Gasteiger partial charge in [0.1, 0.15) is 12.6 Å². The van der Waals surface area contributed by atoms with E-state index >= 15 is 0 Å². The largest absolute Gasteiger partial charge is 0.481 e. The molecule has 0 rings (SSSR count). The van der Waals surface area contributed by atoms with Crippen LogP contribution in [-0.2, 0) is 4.79 Å². The van der Waals surface area contributed by atoms with E-state index in [0.717, 1.165) is 36.8 Å². The van der Waals surface area contributed by atoms with E-state index in [9.17, 15) is 9.90 Å². The Morgan fingerprint density at radius 1 is 0.568 bits per heavy atom. The standard InChI is InChI=1S/C33H67NO3/c1-4-5-6-7-8-9-10-11-12-13-14-16-19-22-25-28-32(35)31-34(2,3)30-27-24-21-18-15-17-20-23-26-29-33(36)37/h32,35H,4-31H2,1-3H3/p+1. The molecule has 4 heteroatoms. The monoisotopic (exact) mass is 527 g/mol. The van der Waals surface area contributed by atoms with Crippen LogP contribution in [0.15, 0.2) is 0 Å². The Morgan fingerprint density at radius 2 is 0.919 bits per heavy atom. The number of rotatable bonds is 30. The lowest BCUT2D eigenvalue weighted by atomic mass is 10.0. The molecule has 0 saturated carbocycles. The molecule has 0 aliphatic heterocycles. The summed E-state index contributed by atoms with van der Waals surface area (Å²) in [6.45, 7) is 4.33. The molecule has 0 aromatic carbocycles. The van der Waals surface area contributed by atoms with Crippen molar-refractivity contribution in [3.63, 3.8) is 0 Å². The maximum atomic E-state index is 10.5. The van der Waals surface area contributed by atoms with E-state index in [1.165, 1.54) is 141 Å². The number of aliphatic carboxylic acids is 1. The predicted molar refractivity (Wildman–Crippen MR) is 161 cm³/mol. The lowest BCUT2D eigenvalue weighted by Gasteiger charge is -2.32. The van der Waals surface area contributed by atoms with Gasteiger partial charge in [-0.1, -0.05) is 142 Å². The number of aliphatic hydroxyl groups is 1. The summed E-state index contributed by atoms with van der Waals surface area (Å²) in [6.07, 6.45) is 32.7. The van der Waals surface area contributed by atoms with Crippen molar-refractivity contribution >= 4 is 5.97 Å². The van der Waals surface area contributed by atoms with Gasteiger partial charge >= 0.3 is 5.97 Å². The average Bonchev–Trinajstić information content (AvgIpc) is 2.84. The molecule has 37 heavy (non-hydrogen) atoms. The number of aliphatic hydroxyl groups excluding tert-OH is 1. The van der Waals surface area contributed by atoms with Gasteiger partial charge in [0.05, 0.1) is 20.6 Å². The fourth-order valence-electron chi connectivity index (χ4n) is 5.56. The number of likely N-dealkylation sites (N-methyl/N-ethyl adjacent to an activating group) is 1. The average molecular weight is 527 g/mol. The molecule has 0 spiro atoms. The lowest BCUT2D eigenvalue weighted by molar-refractivity contribution is -0.893. The van der Waals surface area contributed by atoms with Crippen LogP contribution in [0.3, 0.4) is 0 Å². The van der Waals surface area contributed by atoms with Gasteiger partial charge in [-0.15, -0.1) is 0 Å². The third kappa shape index (κ3) is 29.8. The highest BCUT2D eigenvalue weighted by molar-refractivity contribution is 5.66. The molecule has 2 N–H and O–H groups in total. The Kier molecular flexibility index (Phi) is 26.5. The summed E-state index contributed by atoms with van der Waals surface area (Å²) in [6, 6.07) is 0. The number of carboxylic acid groups (broad SMARTS) is 1. The molecule has 0 aliphatic rings. The molecule has 4 nitrogen and oxygen atoms in total. The van der Waals surface area contributed by atoms with Crippen LogP contribution in [0.4, 0.5) is 0 Å². The summed E-state index contributed by atoms with van der Waals surface area (Å²) in [5.41, 5.74) is 0. The van der Waals surface area contributed by atoms with Crippen molar-refractivity contribution in [1.29, 1.82) is 0 Å². The summed E-state index contributed by atoms with van der Waals surface area (Å²) in [5.74, 6) is -0.668. The first kappa shape index (κ1) is 36.4. The van der Waals surface area contributed by atoms with Gasteiger partial charge in [-0.2, -0.15) is 0 Å². The fourth-order valence-corrected chi connectivity index (χ4v) is 5.56. The maximum absolute atomic E-state index is 10.5. The zero-order valence-electron chi connectivity index (χ0n) is 25.6. The van der Waals surface area contributed by atoms with E-state index in [2.05, 4.69) is 21.0 Å². The van der Waals surface area contributed by atoms with E-state index in [-0.39, 0.29) is 6.10 Å². The maximum Gasteiger partial charge on any atom is 0.303 e. The molecule has 0 bridgehead atoms. The van der Waals surface area contributed by atoms with Crippen molar-refractivity contribution in [2.75, 3.05) is 27.2 Å². The zero-order valence-corrected chi connectivity index (χ0v) is 25.6. The molecular formula is C33H68NO3+. The molecule has 0 fully saturated rings. The van der Waals surface area contributed by atoms with Crippen LogP contribution in [0.2, 0.25) is 0 Å². The highest BCUT2D eigenvalue weighted by atomic mass is 16.4.